The van der Waals surface area contributed by atoms with Gasteiger partial charge in [-0.2, -0.15) is 4.99 Å². The van der Waals surface area contributed by atoms with Crippen molar-refractivity contribution in [3.63, 3.8) is 0 Å². The summed E-state index contributed by atoms with van der Waals surface area (Å²) in [6.45, 7) is 0. The Hall–Kier alpha value is -0.970. The molecule has 100 valence electrons. The fraction of sp³-hybridized carbons (Fsp3) is 0.818. The summed E-state index contributed by atoms with van der Waals surface area (Å²) in [7, 11) is 3.66. The highest BCUT2D eigenvalue weighted by molar-refractivity contribution is 5.93. The maximum atomic E-state index is 5.75. The summed E-state index contributed by atoms with van der Waals surface area (Å²) >= 11 is 0. The van der Waals surface area contributed by atoms with E-state index in [4.69, 9.17) is 11.5 Å². The van der Waals surface area contributed by atoms with Crippen LogP contribution in [-0.4, -0.2) is 37.0 Å². The molecule has 0 aromatic heterocycles. The standard InChI is InChI=1S/C11H23N5.ClH/c1-16(2)11(13)15-10(12)14-9-7-5-3-4-6-8-9;/h9H,3-8H2,1-2H3,(H4,12,13,14,15);1H. The largest absolute Gasteiger partial charge is 0.369 e. The minimum Gasteiger partial charge on any atom is -0.369 e. The highest BCUT2D eigenvalue weighted by Crippen LogP contribution is 2.19. The van der Waals surface area contributed by atoms with Crippen molar-refractivity contribution >= 4 is 24.3 Å². The molecule has 0 amide bonds. The number of rotatable bonds is 1. The Balaban J connectivity index is 0.00000256. The van der Waals surface area contributed by atoms with Crippen molar-refractivity contribution in [2.45, 2.75) is 44.6 Å². The number of nitrogens with zero attached hydrogens (tertiary/aromatic N) is 3. The van der Waals surface area contributed by atoms with Crippen molar-refractivity contribution in [3.8, 4) is 0 Å². The van der Waals surface area contributed by atoms with Crippen LogP contribution in [0.2, 0.25) is 0 Å². The van der Waals surface area contributed by atoms with E-state index in [9.17, 15) is 0 Å². The van der Waals surface area contributed by atoms with Crippen LogP contribution in [0.1, 0.15) is 38.5 Å². The van der Waals surface area contributed by atoms with Crippen LogP contribution < -0.4 is 11.5 Å². The van der Waals surface area contributed by atoms with E-state index >= 15 is 0 Å². The van der Waals surface area contributed by atoms with Crippen LogP contribution in [0.4, 0.5) is 0 Å². The van der Waals surface area contributed by atoms with Crippen molar-refractivity contribution in [1.82, 2.24) is 4.90 Å². The maximum Gasteiger partial charge on any atom is 0.218 e. The molecule has 0 aromatic rings. The molecule has 6 heteroatoms. The Bertz CT molecular complexity index is 267. The Kier molecular flexibility index (Phi) is 7.70. The van der Waals surface area contributed by atoms with Crippen LogP contribution in [0.15, 0.2) is 9.98 Å². The Morgan fingerprint density at radius 1 is 1.06 bits per heavy atom. The molecule has 1 rings (SSSR count). The predicted octanol–water partition coefficient (Wildman–Crippen LogP) is 1.32. The normalized spacial score (nSPS) is 19.4. The number of halogens is 1. The molecule has 17 heavy (non-hydrogen) atoms. The molecule has 0 saturated heterocycles. The first-order valence-corrected chi connectivity index (χ1v) is 5.94. The molecule has 5 nitrogen and oxygen atoms in total. The molecule has 0 aromatic carbocycles. The van der Waals surface area contributed by atoms with Gasteiger partial charge in [0.25, 0.3) is 0 Å². The molecule has 0 bridgehead atoms. The lowest BCUT2D eigenvalue weighted by Gasteiger charge is -2.11. The predicted molar refractivity (Wildman–Crippen MR) is 75.7 cm³/mol. The number of hydrogen-bond donors (Lipinski definition) is 2. The summed E-state index contributed by atoms with van der Waals surface area (Å²) < 4.78 is 0. The second kappa shape index (κ2) is 8.17. The molecule has 0 unspecified atom stereocenters. The molecule has 1 fully saturated rings. The van der Waals surface area contributed by atoms with Gasteiger partial charge in [0.1, 0.15) is 0 Å². The number of nitrogens with two attached hydrogens (primary N) is 2. The first kappa shape index (κ1) is 16.0. The number of hydrogen-bond acceptors (Lipinski definition) is 1. The highest BCUT2D eigenvalue weighted by Gasteiger charge is 2.11. The second-order valence-corrected chi connectivity index (χ2v) is 4.50. The van der Waals surface area contributed by atoms with Gasteiger partial charge in [0, 0.05) is 14.1 Å². The van der Waals surface area contributed by atoms with Gasteiger partial charge in [-0.05, 0) is 12.8 Å². The summed E-state index contributed by atoms with van der Waals surface area (Å²) in [5.41, 5.74) is 11.4. The number of guanidine groups is 2. The molecule has 1 saturated carbocycles. The van der Waals surface area contributed by atoms with Gasteiger partial charge in [-0.15, -0.1) is 12.4 Å². The first-order chi connectivity index (χ1) is 7.59. The van der Waals surface area contributed by atoms with E-state index in [1.807, 2.05) is 14.1 Å². The van der Waals surface area contributed by atoms with Gasteiger partial charge in [-0.3, -0.25) is 0 Å². The van der Waals surface area contributed by atoms with Crippen molar-refractivity contribution in [2.75, 3.05) is 14.1 Å². The molecule has 0 heterocycles. The van der Waals surface area contributed by atoms with Crippen molar-refractivity contribution in [2.24, 2.45) is 21.5 Å². The van der Waals surface area contributed by atoms with Crippen molar-refractivity contribution < 1.29 is 0 Å². The van der Waals surface area contributed by atoms with Gasteiger partial charge in [0.15, 0.2) is 5.96 Å². The van der Waals surface area contributed by atoms with Gasteiger partial charge in [-0.25, -0.2) is 4.99 Å². The molecule has 4 N–H and O–H groups in total. The minimum atomic E-state index is 0. The molecular formula is C11H24ClN5. The Labute approximate surface area is 110 Å². The van der Waals surface area contributed by atoms with E-state index in [1.54, 1.807) is 4.90 Å². The Morgan fingerprint density at radius 3 is 2.06 bits per heavy atom. The van der Waals surface area contributed by atoms with Crippen LogP contribution >= 0.6 is 12.4 Å². The fourth-order valence-electron chi connectivity index (χ4n) is 1.82. The topological polar surface area (TPSA) is 80.0 Å². The van der Waals surface area contributed by atoms with Gasteiger partial charge in [0.05, 0.1) is 6.04 Å². The van der Waals surface area contributed by atoms with E-state index in [0.717, 1.165) is 12.8 Å². The van der Waals surface area contributed by atoms with Gasteiger partial charge in [-0.1, -0.05) is 25.7 Å². The molecule has 0 atom stereocenters. The molecule has 1 aliphatic carbocycles. The van der Waals surface area contributed by atoms with Gasteiger partial charge < -0.3 is 16.4 Å². The third-order valence-corrected chi connectivity index (χ3v) is 2.83. The summed E-state index contributed by atoms with van der Waals surface area (Å²) in [5, 5.41) is 0. The molecule has 1 aliphatic rings. The average molecular weight is 262 g/mol. The maximum absolute atomic E-state index is 5.75. The minimum absolute atomic E-state index is 0. The third kappa shape index (κ3) is 6.36. The zero-order valence-electron chi connectivity index (χ0n) is 10.7. The summed E-state index contributed by atoms with van der Waals surface area (Å²) in [6.07, 6.45) is 7.36. The zero-order chi connectivity index (χ0) is 12.0. The highest BCUT2D eigenvalue weighted by atomic mass is 35.5. The lowest BCUT2D eigenvalue weighted by molar-refractivity contribution is 0.583. The lowest BCUT2D eigenvalue weighted by Crippen LogP contribution is -2.32. The zero-order valence-corrected chi connectivity index (χ0v) is 11.5. The molecule has 0 radical (unpaired) electrons. The van der Waals surface area contributed by atoms with Gasteiger partial charge >= 0.3 is 0 Å². The molecule has 0 aliphatic heterocycles. The lowest BCUT2D eigenvalue weighted by atomic mass is 10.1. The van der Waals surface area contributed by atoms with E-state index in [0.29, 0.717) is 18.0 Å². The van der Waals surface area contributed by atoms with Crippen molar-refractivity contribution in [3.05, 3.63) is 0 Å². The molecule has 0 spiro atoms. The van der Waals surface area contributed by atoms with Crippen molar-refractivity contribution in [1.29, 1.82) is 0 Å². The SMILES string of the molecule is CN(C)C(N)=NC(N)=NC1CCCCCC1.Cl. The van der Waals surface area contributed by atoms with E-state index in [1.165, 1.54) is 25.7 Å². The van der Waals surface area contributed by atoms with Crippen LogP contribution in [0.5, 0.6) is 0 Å². The number of aliphatic imine (C=N–C) groups is 2. The quantitative estimate of drug-likeness (QED) is 0.424. The summed E-state index contributed by atoms with van der Waals surface area (Å²) in [5.74, 6) is 0.702. The summed E-state index contributed by atoms with van der Waals surface area (Å²) in [4.78, 5) is 10.2. The van der Waals surface area contributed by atoms with E-state index < -0.39 is 0 Å². The summed E-state index contributed by atoms with van der Waals surface area (Å²) in [6, 6.07) is 0.334. The van der Waals surface area contributed by atoms with E-state index in [-0.39, 0.29) is 12.4 Å². The molecular weight excluding hydrogens is 238 g/mol. The van der Waals surface area contributed by atoms with Crippen LogP contribution in [0.25, 0.3) is 0 Å². The third-order valence-electron chi connectivity index (χ3n) is 2.83. The van der Waals surface area contributed by atoms with Crippen LogP contribution in [0, 0.1) is 0 Å². The Morgan fingerprint density at radius 2 is 1.59 bits per heavy atom. The fourth-order valence-corrected chi connectivity index (χ4v) is 1.82. The average Bonchev–Trinajstić information content (AvgIpc) is 2.45. The van der Waals surface area contributed by atoms with Crippen LogP contribution in [0.3, 0.4) is 0 Å². The van der Waals surface area contributed by atoms with Gasteiger partial charge in [0.2, 0.25) is 5.96 Å². The van der Waals surface area contributed by atoms with Crippen LogP contribution in [-0.2, 0) is 0 Å². The monoisotopic (exact) mass is 261 g/mol. The smallest absolute Gasteiger partial charge is 0.218 e. The van der Waals surface area contributed by atoms with E-state index in [2.05, 4.69) is 9.98 Å². The first-order valence-electron chi connectivity index (χ1n) is 5.94. The second-order valence-electron chi connectivity index (χ2n) is 4.50.